The number of carbonyl (C=O) groups excluding carboxylic acids is 2. The number of ether oxygens (including phenoxy) is 1. The molecule has 0 aliphatic carbocycles. The van der Waals surface area contributed by atoms with Gasteiger partial charge in [-0.05, 0) is 37.1 Å². The molecule has 1 aromatic rings. The Morgan fingerprint density at radius 3 is 2.18 bits per heavy atom. The first-order valence-electron chi connectivity index (χ1n) is 5.62. The van der Waals surface area contributed by atoms with Crippen LogP contribution in [0, 0.1) is 19.8 Å². The molecule has 0 saturated carbocycles. The molecule has 92 valence electrons. The average molecular weight is 234 g/mol. The molecule has 1 aromatic carbocycles. The zero-order valence-corrected chi connectivity index (χ0v) is 11.0. The maximum Gasteiger partial charge on any atom is 0.229 e. The van der Waals surface area contributed by atoms with Crippen LogP contribution in [0.3, 0.4) is 0 Å². The molecule has 3 nitrogen and oxygen atoms in total. The number of rotatable bonds is 4. The van der Waals surface area contributed by atoms with Crippen molar-refractivity contribution in [1.29, 1.82) is 0 Å². The lowest BCUT2D eigenvalue weighted by Crippen LogP contribution is -2.20. The number of hydrogen-bond donors (Lipinski definition) is 0. The Hall–Kier alpha value is -1.64. The molecule has 0 heterocycles. The van der Waals surface area contributed by atoms with Crippen molar-refractivity contribution in [1.82, 2.24) is 0 Å². The summed E-state index contributed by atoms with van der Waals surface area (Å²) in [5, 5.41) is 0. The minimum Gasteiger partial charge on any atom is -0.496 e. The summed E-state index contributed by atoms with van der Waals surface area (Å²) in [4.78, 5) is 23.6. The smallest absolute Gasteiger partial charge is 0.229 e. The summed E-state index contributed by atoms with van der Waals surface area (Å²) in [7, 11) is 1.59. The van der Waals surface area contributed by atoms with E-state index in [1.807, 2.05) is 13.8 Å². The first-order chi connectivity index (χ1) is 7.88. The Morgan fingerprint density at radius 1 is 1.12 bits per heavy atom. The summed E-state index contributed by atoms with van der Waals surface area (Å²) in [6.45, 7) is 7.12. The van der Waals surface area contributed by atoms with Crippen LogP contribution in [0.15, 0.2) is 12.1 Å². The minimum atomic E-state index is -0.414. The summed E-state index contributed by atoms with van der Waals surface area (Å²) in [5.41, 5.74) is 2.10. The zero-order chi connectivity index (χ0) is 13.2. The molecule has 1 rings (SSSR count). The summed E-state index contributed by atoms with van der Waals surface area (Å²) in [6, 6.07) is 3.51. The van der Waals surface area contributed by atoms with Crippen LogP contribution in [0.5, 0.6) is 5.75 Å². The van der Waals surface area contributed by atoms with E-state index in [2.05, 4.69) is 0 Å². The molecule has 0 spiro atoms. The lowest BCUT2D eigenvalue weighted by Gasteiger charge is -2.11. The van der Waals surface area contributed by atoms with Crippen LogP contribution in [0.1, 0.15) is 35.3 Å². The molecule has 0 saturated heterocycles. The number of carbonyl (C=O) groups is 2. The summed E-state index contributed by atoms with van der Waals surface area (Å²) >= 11 is 0. The van der Waals surface area contributed by atoms with Gasteiger partial charge >= 0.3 is 0 Å². The number of hydrogen-bond acceptors (Lipinski definition) is 3. The van der Waals surface area contributed by atoms with Gasteiger partial charge in [0.25, 0.3) is 0 Å². The van der Waals surface area contributed by atoms with Crippen molar-refractivity contribution in [2.75, 3.05) is 7.11 Å². The van der Waals surface area contributed by atoms with Crippen LogP contribution in [0.2, 0.25) is 0 Å². The second-order valence-electron chi connectivity index (χ2n) is 4.48. The summed E-state index contributed by atoms with van der Waals surface area (Å²) in [6.07, 6.45) is 0. The Labute approximate surface area is 102 Å². The number of Topliss-reactive ketones (excluding diaryl/α,β-unsaturated/α-hetero) is 2. The fourth-order valence-electron chi connectivity index (χ4n) is 1.65. The highest BCUT2D eigenvalue weighted by molar-refractivity contribution is 6.44. The lowest BCUT2D eigenvalue weighted by molar-refractivity contribution is -0.117. The van der Waals surface area contributed by atoms with E-state index in [0.717, 1.165) is 16.9 Å². The minimum absolute atomic E-state index is 0.274. The number of benzene rings is 1. The predicted octanol–water partition coefficient (Wildman–Crippen LogP) is 2.72. The molecule has 0 amide bonds. The highest BCUT2D eigenvalue weighted by Crippen LogP contribution is 2.23. The third kappa shape index (κ3) is 2.73. The van der Waals surface area contributed by atoms with E-state index in [9.17, 15) is 9.59 Å². The van der Waals surface area contributed by atoms with Gasteiger partial charge in [-0.15, -0.1) is 0 Å². The molecule has 17 heavy (non-hydrogen) atoms. The third-order valence-electron chi connectivity index (χ3n) is 2.73. The van der Waals surface area contributed by atoms with Crippen molar-refractivity contribution in [3.8, 4) is 5.75 Å². The van der Waals surface area contributed by atoms with Crippen LogP contribution in [-0.2, 0) is 4.79 Å². The maximum absolute atomic E-state index is 12.0. The van der Waals surface area contributed by atoms with E-state index in [-0.39, 0.29) is 11.7 Å². The van der Waals surface area contributed by atoms with Crippen LogP contribution in [0.25, 0.3) is 0 Å². The van der Waals surface area contributed by atoms with Gasteiger partial charge in [-0.3, -0.25) is 9.59 Å². The fraction of sp³-hybridized carbons (Fsp3) is 0.429. The molecule has 0 aliphatic rings. The monoisotopic (exact) mass is 234 g/mol. The molecule has 0 aliphatic heterocycles. The molecular formula is C14H18O3. The summed E-state index contributed by atoms with van der Waals surface area (Å²) < 4.78 is 5.17. The Balaban J connectivity index is 3.20. The van der Waals surface area contributed by atoms with Crippen molar-refractivity contribution in [3.05, 3.63) is 28.8 Å². The Kier molecular flexibility index (Phi) is 4.05. The molecule has 0 N–H and O–H groups in total. The Morgan fingerprint density at radius 2 is 1.71 bits per heavy atom. The maximum atomic E-state index is 12.0. The number of aryl methyl sites for hydroxylation is 2. The van der Waals surface area contributed by atoms with Crippen LogP contribution >= 0.6 is 0 Å². The van der Waals surface area contributed by atoms with Crippen molar-refractivity contribution in [2.24, 2.45) is 5.92 Å². The first kappa shape index (κ1) is 13.4. The molecule has 0 fully saturated rings. The molecule has 0 aromatic heterocycles. The third-order valence-corrected chi connectivity index (χ3v) is 2.73. The molecule has 3 heteroatoms. The van der Waals surface area contributed by atoms with Gasteiger partial charge in [0, 0.05) is 11.5 Å². The molecule has 0 atom stereocenters. The normalized spacial score (nSPS) is 10.5. The number of ketones is 2. The van der Waals surface area contributed by atoms with Crippen molar-refractivity contribution >= 4 is 11.6 Å². The Bertz CT molecular complexity index is 459. The van der Waals surface area contributed by atoms with Crippen LogP contribution in [0.4, 0.5) is 0 Å². The number of methoxy groups -OCH3 is 1. The van der Waals surface area contributed by atoms with Crippen molar-refractivity contribution in [2.45, 2.75) is 27.7 Å². The van der Waals surface area contributed by atoms with Crippen LogP contribution < -0.4 is 4.74 Å². The SMILES string of the molecule is COc1cc(C)c(C(=O)C(=O)C(C)C)cc1C. The fourth-order valence-corrected chi connectivity index (χ4v) is 1.65. The second kappa shape index (κ2) is 5.13. The summed E-state index contributed by atoms with van der Waals surface area (Å²) in [5.74, 6) is -0.304. The molecule has 0 radical (unpaired) electrons. The van der Waals surface area contributed by atoms with Gasteiger partial charge in [0.15, 0.2) is 0 Å². The van der Waals surface area contributed by atoms with Gasteiger partial charge in [-0.1, -0.05) is 13.8 Å². The topological polar surface area (TPSA) is 43.4 Å². The average Bonchev–Trinajstić information content (AvgIpc) is 2.29. The van der Waals surface area contributed by atoms with Gasteiger partial charge in [0.1, 0.15) is 5.75 Å². The highest BCUT2D eigenvalue weighted by Gasteiger charge is 2.21. The van der Waals surface area contributed by atoms with Crippen LogP contribution in [-0.4, -0.2) is 18.7 Å². The van der Waals surface area contributed by atoms with E-state index < -0.39 is 5.78 Å². The van der Waals surface area contributed by atoms with E-state index >= 15 is 0 Å². The van der Waals surface area contributed by atoms with Gasteiger partial charge in [0.05, 0.1) is 7.11 Å². The van der Waals surface area contributed by atoms with Gasteiger partial charge in [-0.2, -0.15) is 0 Å². The van der Waals surface area contributed by atoms with Gasteiger partial charge in [0.2, 0.25) is 11.6 Å². The predicted molar refractivity (Wildman–Crippen MR) is 66.6 cm³/mol. The molecular weight excluding hydrogens is 216 g/mol. The van der Waals surface area contributed by atoms with E-state index in [0.29, 0.717) is 5.56 Å². The standard InChI is InChI=1S/C14H18O3/c1-8(2)13(15)14(16)11-6-10(4)12(17-5)7-9(11)3/h6-8H,1-5H3. The van der Waals surface area contributed by atoms with E-state index in [1.54, 1.807) is 33.1 Å². The molecule has 0 bridgehead atoms. The quantitative estimate of drug-likeness (QED) is 0.594. The molecule has 0 unspecified atom stereocenters. The van der Waals surface area contributed by atoms with Crippen molar-refractivity contribution < 1.29 is 14.3 Å². The van der Waals surface area contributed by atoms with Crippen molar-refractivity contribution in [3.63, 3.8) is 0 Å². The van der Waals surface area contributed by atoms with E-state index in [4.69, 9.17) is 4.74 Å². The zero-order valence-electron chi connectivity index (χ0n) is 11.0. The van der Waals surface area contributed by atoms with Gasteiger partial charge < -0.3 is 4.74 Å². The largest absolute Gasteiger partial charge is 0.496 e. The van der Waals surface area contributed by atoms with E-state index in [1.165, 1.54) is 0 Å². The lowest BCUT2D eigenvalue weighted by atomic mass is 9.95. The highest BCUT2D eigenvalue weighted by atomic mass is 16.5. The van der Waals surface area contributed by atoms with Gasteiger partial charge in [-0.25, -0.2) is 0 Å². The second-order valence-corrected chi connectivity index (χ2v) is 4.48. The first-order valence-corrected chi connectivity index (χ1v) is 5.62.